The van der Waals surface area contributed by atoms with Gasteiger partial charge >= 0.3 is 0 Å². The van der Waals surface area contributed by atoms with Crippen LogP contribution in [0.2, 0.25) is 5.02 Å². The molecule has 5 nitrogen and oxygen atoms in total. The van der Waals surface area contributed by atoms with Gasteiger partial charge < -0.3 is 4.90 Å². The fraction of sp³-hybridized carbons (Fsp3) is 0.320. The molecule has 2 aromatic carbocycles. The van der Waals surface area contributed by atoms with E-state index in [1.165, 1.54) is 4.90 Å². The Bertz CT molecular complexity index is 1130. The molecule has 0 saturated carbocycles. The standard InChI is InChI=1S/C25H23ClN2O3/c1-25(2,3)22(29)21-19-18(20-17-7-5-4-6-14(17)12-13-27(20)21)23(30)28(24(19)31)16-10-8-15(26)9-11-16/h4-13,18-21H,1-3H3/t18-,19+,20-,21-/m1/s1. The summed E-state index contributed by atoms with van der Waals surface area (Å²) in [6, 6.07) is 13.5. The quantitative estimate of drug-likeness (QED) is 0.654. The molecule has 2 aromatic rings. The van der Waals surface area contributed by atoms with Crippen LogP contribution in [-0.2, 0) is 14.4 Å². The fourth-order valence-electron chi connectivity index (χ4n) is 5.15. The smallest absolute Gasteiger partial charge is 0.240 e. The second kappa shape index (κ2) is 6.79. The van der Waals surface area contributed by atoms with Gasteiger partial charge in [-0.25, -0.2) is 4.90 Å². The minimum absolute atomic E-state index is 0.0341. The molecule has 2 fully saturated rings. The number of hydrogen-bond acceptors (Lipinski definition) is 4. The minimum atomic E-state index is -0.726. The number of nitrogens with zero attached hydrogens (tertiary/aromatic N) is 2. The summed E-state index contributed by atoms with van der Waals surface area (Å²) in [4.78, 5) is 44.1. The lowest BCUT2D eigenvalue weighted by atomic mass is 9.79. The Morgan fingerprint density at radius 3 is 2.26 bits per heavy atom. The van der Waals surface area contributed by atoms with Gasteiger partial charge in [0.05, 0.1) is 23.6 Å². The molecule has 2 saturated heterocycles. The molecule has 0 spiro atoms. The third-order valence-corrected chi connectivity index (χ3v) is 6.81. The number of rotatable bonds is 2. The summed E-state index contributed by atoms with van der Waals surface area (Å²) in [6.07, 6.45) is 3.84. The van der Waals surface area contributed by atoms with Gasteiger partial charge in [-0.3, -0.25) is 14.4 Å². The SMILES string of the molecule is CC(C)(C)C(=O)[C@H]1[C@H]2C(=O)N(c3ccc(Cl)cc3)C(=O)[C@H]2[C@H]2c3ccccc3C=CN21. The first-order valence-electron chi connectivity index (χ1n) is 10.4. The number of carbonyl (C=O) groups is 3. The van der Waals surface area contributed by atoms with E-state index >= 15 is 0 Å². The maximum absolute atomic E-state index is 13.7. The van der Waals surface area contributed by atoms with Crippen LogP contribution in [0.1, 0.15) is 37.9 Å². The molecule has 3 aliphatic rings. The molecule has 3 heterocycles. The molecule has 3 aliphatic heterocycles. The number of hydrogen-bond donors (Lipinski definition) is 0. The predicted molar refractivity (Wildman–Crippen MR) is 119 cm³/mol. The Hall–Kier alpha value is -2.92. The van der Waals surface area contributed by atoms with Gasteiger partial charge in [-0.15, -0.1) is 0 Å². The monoisotopic (exact) mass is 434 g/mol. The van der Waals surface area contributed by atoms with Crippen LogP contribution in [0.3, 0.4) is 0 Å². The Morgan fingerprint density at radius 2 is 1.58 bits per heavy atom. The molecule has 0 radical (unpaired) electrons. The molecule has 0 aliphatic carbocycles. The van der Waals surface area contributed by atoms with Gasteiger partial charge in [0.1, 0.15) is 6.04 Å². The first kappa shape index (κ1) is 20.0. The molecule has 0 N–H and O–H groups in total. The van der Waals surface area contributed by atoms with Crippen LogP contribution in [0.25, 0.3) is 6.08 Å². The number of carbonyl (C=O) groups excluding carboxylic acids is 3. The highest BCUT2D eigenvalue weighted by Gasteiger charge is 2.65. The molecule has 0 unspecified atom stereocenters. The van der Waals surface area contributed by atoms with Crippen molar-refractivity contribution in [2.45, 2.75) is 32.9 Å². The van der Waals surface area contributed by atoms with Crippen LogP contribution >= 0.6 is 11.6 Å². The van der Waals surface area contributed by atoms with Crippen molar-refractivity contribution in [2.75, 3.05) is 4.90 Å². The molecule has 6 heteroatoms. The van der Waals surface area contributed by atoms with Crippen LogP contribution in [0, 0.1) is 17.3 Å². The summed E-state index contributed by atoms with van der Waals surface area (Å²) in [5.41, 5.74) is 1.83. The number of ketones is 1. The van der Waals surface area contributed by atoms with Gasteiger partial charge in [-0.2, -0.15) is 0 Å². The van der Waals surface area contributed by atoms with Crippen LogP contribution in [0.5, 0.6) is 0 Å². The van der Waals surface area contributed by atoms with Crippen LogP contribution in [0.15, 0.2) is 54.7 Å². The molecular weight excluding hydrogens is 412 g/mol. The maximum atomic E-state index is 13.7. The van der Waals surface area contributed by atoms with Gasteiger partial charge in [0.25, 0.3) is 0 Å². The highest BCUT2D eigenvalue weighted by Crippen LogP contribution is 2.54. The summed E-state index contributed by atoms with van der Waals surface area (Å²) in [6.45, 7) is 5.58. The number of anilines is 1. The molecule has 31 heavy (non-hydrogen) atoms. The first-order valence-corrected chi connectivity index (χ1v) is 10.8. The zero-order chi connectivity index (χ0) is 22.1. The van der Waals surface area contributed by atoms with E-state index in [-0.39, 0.29) is 23.6 Å². The molecule has 158 valence electrons. The van der Waals surface area contributed by atoms with E-state index in [4.69, 9.17) is 11.6 Å². The molecule has 2 amide bonds. The second-order valence-electron chi connectivity index (χ2n) is 9.44. The Kier molecular flexibility index (Phi) is 4.38. The Balaban J connectivity index is 1.66. The van der Waals surface area contributed by atoms with Crippen LogP contribution in [-0.4, -0.2) is 28.5 Å². The van der Waals surface area contributed by atoms with E-state index in [1.54, 1.807) is 24.3 Å². The summed E-state index contributed by atoms with van der Waals surface area (Å²) in [5.74, 6) is -1.96. The fourth-order valence-corrected chi connectivity index (χ4v) is 5.27. The number of benzene rings is 2. The normalized spacial score (nSPS) is 26.7. The van der Waals surface area contributed by atoms with Gasteiger partial charge in [-0.05, 0) is 41.5 Å². The molecule has 0 aromatic heterocycles. The van der Waals surface area contributed by atoms with Crippen molar-refractivity contribution < 1.29 is 14.4 Å². The molecule has 0 bridgehead atoms. The largest absolute Gasteiger partial charge is 0.359 e. The lowest BCUT2D eigenvalue weighted by Gasteiger charge is -2.37. The highest BCUT2D eigenvalue weighted by molar-refractivity contribution is 6.31. The highest BCUT2D eigenvalue weighted by atomic mass is 35.5. The molecular formula is C25H23ClN2O3. The van der Waals surface area contributed by atoms with E-state index in [0.29, 0.717) is 10.7 Å². The average molecular weight is 435 g/mol. The number of Topliss-reactive ketones (excluding diaryl/α,β-unsaturated/α-hetero) is 1. The topological polar surface area (TPSA) is 57.7 Å². The lowest BCUT2D eigenvalue weighted by Crippen LogP contribution is -2.47. The van der Waals surface area contributed by atoms with E-state index in [9.17, 15) is 14.4 Å². The minimum Gasteiger partial charge on any atom is -0.359 e. The van der Waals surface area contributed by atoms with Gasteiger partial charge in [0.2, 0.25) is 11.8 Å². The third kappa shape index (κ3) is 2.87. The zero-order valence-electron chi connectivity index (χ0n) is 17.6. The maximum Gasteiger partial charge on any atom is 0.240 e. The predicted octanol–water partition coefficient (Wildman–Crippen LogP) is 4.47. The van der Waals surface area contributed by atoms with Crippen molar-refractivity contribution in [1.29, 1.82) is 0 Å². The van der Waals surface area contributed by atoms with Crippen molar-refractivity contribution >= 4 is 41.0 Å². The van der Waals surface area contributed by atoms with Gasteiger partial charge in [0, 0.05) is 16.6 Å². The lowest BCUT2D eigenvalue weighted by molar-refractivity contribution is -0.135. The summed E-state index contributed by atoms with van der Waals surface area (Å²) in [5, 5.41) is 0.529. The van der Waals surface area contributed by atoms with Crippen LogP contribution < -0.4 is 4.90 Å². The number of fused-ring (bicyclic) bond motifs is 5. The molecule has 4 atom stereocenters. The zero-order valence-corrected chi connectivity index (χ0v) is 18.3. The Labute approximate surface area is 186 Å². The number of amides is 2. The second-order valence-corrected chi connectivity index (χ2v) is 9.87. The van der Waals surface area contributed by atoms with E-state index in [2.05, 4.69) is 0 Å². The third-order valence-electron chi connectivity index (χ3n) is 6.55. The first-order chi connectivity index (χ1) is 14.7. The summed E-state index contributed by atoms with van der Waals surface area (Å²) < 4.78 is 0. The van der Waals surface area contributed by atoms with Crippen molar-refractivity contribution in [3.63, 3.8) is 0 Å². The Morgan fingerprint density at radius 1 is 0.935 bits per heavy atom. The number of halogens is 1. The van der Waals surface area contributed by atoms with Crippen LogP contribution in [0.4, 0.5) is 5.69 Å². The van der Waals surface area contributed by atoms with Crippen molar-refractivity contribution in [1.82, 2.24) is 4.90 Å². The van der Waals surface area contributed by atoms with Crippen molar-refractivity contribution in [2.24, 2.45) is 17.3 Å². The summed E-state index contributed by atoms with van der Waals surface area (Å²) >= 11 is 6.00. The van der Waals surface area contributed by atoms with Gasteiger partial charge in [-0.1, -0.05) is 56.6 Å². The van der Waals surface area contributed by atoms with Crippen molar-refractivity contribution in [3.05, 3.63) is 70.9 Å². The average Bonchev–Trinajstić information content (AvgIpc) is 3.20. The molecule has 5 rings (SSSR count). The number of imide groups is 1. The van der Waals surface area contributed by atoms with E-state index in [0.717, 1.165) is 11.1 Å². The van der Waals surface area contributed by atoms with E-state index < -0.39 is 23.3 Å². The van der Waals surface area contributed by atoms with E-state index in [1.807, 2.05) is 62.2 Å². The van der Waals surface area contributed by atoms with Gasteiger partial charge in [0.15, 0.2) is 5.78 Å². The summed E-state index contributed by atoms with van der Waals surface area (Å²) in [7, 11) is 0. The van der Waals surface area contributed by atoms with Crippen molar-refractivity contribution in [3.8, 4) is 0 Å².